The minimum atomic E-state index is -0.272. The zero-order valence-electron chi connectivity index (χ0n) is 13.4. The molecule has 1 aromatic carbocycles. The predicted octanol–water partition coefficient (Wildman–Crippen LogP) is 3.27. The first-order valence-corrected chi connectivity index (χ1v) is 7.62. The highest BCUT2D eigenvalue weighted by molar-refractivity contribution is 5.94. The Morgan fingerprint density at radius 1 is 1.26 bits per heavy atom. The Hall–Kier alpha value is -2.69. The molecule has 23 heavy (non-hydrogen) atoms. The Kier molecular flexibility index (Phi) is 6.29. The third-order valence-electron chi connectivity index (χ3n) is 3.13. The van der Waals surface area contributed by atoms with Gasteiger partial charge in [-0.15, -0.1) is 0 Å². The van der Waals surface area contributed by atoms with Gasteiger partial charge in [-0.1, -0.05) is 19.9 Å². The molecule has 0 fully saturated rings. The summed E-state index contributed by atoms with van der Waals surface area (Å²) in [4.78, 5) is 16.0. The van der Waals surface area contributed by atoms with Crippen LogP contribution in [0.25, 0.3) is 0 Å². The molecule has 2 rings (SSSR count). The highest BCUT2D eigenvalue weighted by Gasteiger charge is 2.04. The first-order valence-electron chi connectivity index (χ1n) is 7.62. The first-order chi connectivity index (χ1) is 11.1. The highest BCUT2D eigenvalue weighted by Crippen LogP contribution is 2.13. The van der Waals surface area contributed by atoms with Crippen LogP contribution >= 0.6 is 0 Å². The van der Waals surface area contributed by atoms with Crippen LogP contribution in [0.4, 0.5) is 0 Å². The van der Waals surface area contributed by atoms with Crippen LogP contribution in [0.3, 0.4) is 0 Å². The van der Waals surface area contributed by atoms with Crippen LogP contribution in [0.2, 0.25) is 0 Å². The number of nitrogens with zero attached hydrogens (tertiary/aromatic N) is 2. The molecule has 1 N–H and O–H groups in total. The number of rotatable bonds is 7. The first kappa shape index (κ1) is 16.7. The van der Waals surface area contributed by atoms with Gasteiger partial charge in [-0.2, -0.15) is 5.10 Å². The molecule has 120 valence electrons. The van der Waals surface area contributed by atoms with Crippen LogP contribution in [0.5, 0.6) is 5.75 Å². The van der Waals surface area contributed by atoms with Gasteiger partial charge in [0.05, 0.1) is 18.5 Å². The van der Waals surface area contributed by atoms with Crippen molar-refractivity contribution in [2.75, 3.05) is 6.61 Å². The van der Waals surface area contributed by atoms with Gasteiger partial charge in [0.2, 0.25) is 0 Å². The maximum Gasteiger partial charge on any atom is 0.271 e. The van der Waals surface area contributed by atoms with Crippen LogP contribution in [0.15, 0.2) is 53.8 Å². The molecular weight excluding hydrogens is 290 g/mol. The summed E-state index contributed by atoms with van der Waals surface area (Å²) >= 11 is 0. The van der Waals surface area contributed by atoms with Crippen molar-refractivity contribution in [3.63, 3.8) is 0 Å². The maximum atomic E-state index is 12.0. The summed E-state index contributed by atoms with van der Waals surface area (Å²) in [7, 11) is 0. The molecule has 0 aliphatic heterocycles. The fraction of sp³-hybridized carbons (Fsp3) is 0.278. The molecule has 0 atom stereocenters. The van der Waals surface area contributed by atoms with E-state index < -0.39 is 0 Å². The molecule has 5 nitrogen and oxygen atoms in total. The molecular formula is C18H21N3O2. The standard InChI is InChI=1S/C18H21N3O2/c1-14(2)10-12-23-17-8-6-15(7-9-17)18(22)21-20-13-16-5-3-4-11-19-16/h3-9,11,13-14H,10,12H2,1-2H3,(H,21,22)/b20-13-. The van der Waals surface area contributed by atoms with Gasteiger partial charge in [0.15, 0.2) is 0 Å². The van der Waals surface area contributed by atoms with Crippen LogP contribution in [0.1, 0.15) is 36.3 Å². The second-order valence-corrected chi connectivity index (χ2v) is 5.51. The number of carbonyl (C=O) groups is 1. The van der Waals surface area contributed by atoms with Gasteiger partial charge < -0.3 is 4.74 Å². The average molecular weight is 311 g/mol. The fourth-order valence-electron chi connectivity index (χ4n) is 1.79. The van der Waals surface area contributed by atoms with E-state index in [1.165, 1.54) is 6.21 Å². The molecule has 0 bridgehead atoms. The third kappa shape index (κ3) is 5.90. The summed E-state index contributed by atoms with van der Waals surface area (Å²) < 4.78 is 5.62. The van der Waals surface area contributed by atoms with Crippen molar-refractivity contribution in [1.29, 1.82) is 0 Å². The molecule has 1 aromatic heterocycles. The fourth-order valence-corrected chi connectivity index (χ4v) is 1.79. The van der Waals surface area contributed by atoms with Crippen molar-refractivity contribution in [2.24, 2.45) is 11.0 Å². The van der Waals surface area contributed by atoms with Crippen molar-refractivity contribution in [1.82, 2.24) is 10.4 Å². The van der Waals surface area contributed by atoms with Crippen LogP contribution in [0, 0.1) is 5.92 Å². The van der Waals surface area contributed by atoms with Gasteiger partial charge in [-0.05, 0) is 48.7 Å². The predicted molar refractivity (Wildman–Crippen MR) is 90.7 cm³/mol. The zero-order valence-corrected chi connectivity index (χ0v) is 13.4. The smallest absolute Gasteiger partial charge is 0.271 e. The molecule has 0 radical (unpaired) electrons. The number of hydrogen-bond donors (Lipinski definition) is 1. The normalized spacial score (nSPS) is 10.9. The lowest BCUT2D eigenvalue weighted by Gasteiger charge is -2.08. The lowest BCUT2D eigenvalue weighted by Crippen LogP contribution is -2.17. The van der Waals surface area contributed by atoms with Crippen molar-refractivity contribution in [2.45, 2.75) is 20.3 Å². The number of carbonyl (C=O) groups excluding carboxylic acids is 1. The third-order valence-corrected chi connectivity index (χ3v) is 3.13. The van der Waals surface area contributed by atoms with E-state index in [1.807, 2.05) is 12.1 Å². The number of benzene rings is 1. The van der Waals surface area contributed by atoms with Crippen molar-refractivity contribution >= 4 is 12.1 Å². The number of hydrazone groups is 1. The van der Waals surface area contributed by atoms with E-state index in [1.54, 1.807) is 36.5 Å². The van der Waals surface area contributed by atoms with Crippen LogP contribution in [-0.2, 0) is 0 Å². The zero-order chi connectivity index (χ0) is 16.5. The van der Waals surface area contributed by atoms with Crippen molar-refractivity contribution in [3.8, 4) is 5.75 Å². The topological polar surface area (TPSA) is 63.6 Å². The second kappa shape index (κ2) is 8.68. The molecule has 1 amide bonds. The van der Waals surface area contributed by atoms with Crippen molar-refractivity contribution in [3.05, 3.63) is 59.9 Å². The highest BCUT2D eigenvalue weighted by atomic mass is 16.5. The van der Waals surface area contributed by atoms with Gasteiger partial charge in [0, 0.05) is 11.8 Å². The lowest BCUT2D eigenvalue weighted by molar-refractivity contribution is 0.0955. The molecule has 0 aliphatic rings. The molecule has 5 heteroatoms. The quantitative estimate of drug-likeness (QED) is 0.630. The summed E-state index contributed by atoms with van der Waals surface area (Å²) in [6.45, 7) is 4.99. The van der Waals surface area contributed by atoms with E-state index in [0.29, 0.717) is 23.8 Å². The van der Waals surface area contributed by atoms with Crippen molar-refractivity contribution < 1.29 is 9.53 Å². The summed E-state index contributed by atoms with van der Waals surface area (Å²) in [6, 6.07) is 12.5. The molecule has 0 saturated heterocycles. The van der Waals surface area contributed by atoms with Gasteiger partial charge in [-0.3, -0.25) is 9.78 Å². The summed E-state index contributed by atoms with van der Waals surface area (Å²) in [6.07, 6.45) is 4.17. The van der Waals surface area contributed by atoms with E-state index in [9.17, 15) is 4.79 Å². The Bertz CT molecular complexity index is 637. The molecule has 1 heterocycles. The number of nitrogens with one attached hydrogen (secondary N) is 1. The monoisotopic (exact) mass is 311 g/mol. The Morgan fingerprint density at radius 3 is 2.70 bits per heavy atom. The average Bonchev–Trinajstić information content (AvgIpc) is 2.56. The Morgan fingerprint density at radius 2 is 2.04 bits per heavy atom. The number of aromatic nitrogens is 1. The van der Waals surface area contributed by atoms with Crippen LogP contribution in [-0.4, -0.2) is 23.7 Å². The molecule has 0 spiro atoms. The van der Waals surface area contributed by atoms with Gasteiger partial charge in [-0.25, -0.2) is 5.43 Å². The molecule has 0 unspecified atom stereocenters. The van der Waals surface area contributed by atoms with Crippen LogP contribution < -0.4 is 10.2 Å². The minimum absolute atomic E-state index is 0.272. The number of pyridine rings is 1. The Balaban J connectivity index is 1.84. The summed E-state index contributed by atoms with van der Waals surface area (Å²) in [5.74, 6) is 1.10. The SMILES string of the molecule is CC(C)CCOc1ccc(C(=O)N/N=C\c2ccccn2)cc1. The second-order valence-electron chi connectivity index (χ2n) is 5.51. The summed E-state index contributed by atoms with van der Waals surface area (Å²) in [5, 5.41) is 3.89. The molecule has 0 aliphatic carbocycles. The summed E-state index contributed by atoms with van der Waals surface area (Å²) in [5.41, 5.74) is 3.68. The largest absolute Gasteiger partial charge is 0.494 e. The van der Waals surface area contributed by atoms with E-state index in [-0.39, 0.29) is 5.91 Å². The Labute approximate surface area is 136 Å². The lowest BCUT2D eigenvalue weighted by atomic mass is 10.1. The van der Waals surface area contributed by atoms with Gasteiger partial charge in [0.1, 0.15) is 5.75 Å². The van der Waals surface area contributed by atoms with E-state index >= 15 is 0 Å². The number of ether oxygens (including phenoxy) is 1. The van der Waals surface area contributed by atoms with Gasteiger partial charge >= 0.3 is 0 Å². The minimum Gasteiger partial charge on any atom is -0.494 e. The molecule has 2 aromatic rings. The van der Waals surface area contributed by atoms with Gasteiger partial charge in [0.25, 0.3) is 5.91 Å². The maximum absolute atomic E-state index is 12.0. The van der Waals surface area contributed by atoms with E-state index in [4.69, 9.17) is 4.74 Å². The number of hydrogen-bond acceptors (Lipinski definition) is 4. The number of amides is 1. The molecule has 0 saturated carbocycles. The van der Waals surface area contributed by atoms with E-state index in [0.717, 1.165) is 12.2 Å². The van der Waals surface area contributed by atoms with E-state index in [2.05, 4.69) is 29.4 Å².